The largest absolute Gasteiger partial charge is 0.344 e. The smallest absolute Gasteiger partial charge is 0.201 e. The zero-order valence-corrected chi connectivity index (χ0v) is 8.51. The van der Waals surface area contributed by atoms with Gasteiger partial charge in [-0.3, -0.25) is 4.98 Å². The maximum Gasteiger partial charge on any atom is 0.201 e. The molecule has 74 valence electrons. The van der Waals surface area contributed by atoms with E-state index in [-0.39, 0.29) is 0 Å². The summed E-state index contributed by atoms with van der Waals surface area (Å²) in [6.45, 7) is 2.08. The molecule has 0 aromatic carbocycles. The van der Waals surface area contributed by atoms with Crippen LogP contribution in [0.1, 0.15) is 0 Å². The number of likely N-dealkylation sites (N-methyl/N-ethyl adjacent to an activating group) is 2. The highest BCUT2D eigenvalue weighted by Crippen LogP contribution is 2.13. The molecule has 0 unspecified atom stereocenters. The Labute approximate surface area is 83.9 Å². The lowest BCUT2D eigenvalue weighted by molar-refractivity contribution is 0.553. The highest BCUT2D eigenvalue weighted by molar-refractivity contribution is 5.84. The zero-order chi connectivity index (χ0) is 9.97. The monoisotopic (exact) mass is 190 g/mol. The number of rotatable bonds is 1. The normalized spacial score (nSPS) is 16.3. The fourth-order valence-electron chi connectivity index (χ4n) is 1.50. The van der Waals surface area contributed by atoms with Crippen molar-refractivity contribution >= 4 is 11.6 Å². The molecule has 1 aliphatic heterocycles. The van der Waals surface area contributed by atoms with Gasteiger partial charge in [-0.25, -0.2) is 4.99 Å². The van der Waals surface area contributed by atoms with Gasteiger partial charge in [-0.05, 0) is 12.1 Å². The fraction of sp³-hybridized carbons (Fsp3) is 0.400. The molecule has 0 atom stereocenters. The molecule has 1 fully saturated rings. The van der Waals surface area contributed by atoms with E-state index in [0.29, 0.717) is 0 Å². The summed E-state index contributed by atoms with van der Waals surface area (Å²) in [7, 11) is 4.12. The molecule has 2 heterocycles. The highest BCUT2D eigenvalue weighted by Gasteiger charge is 2.19. The van der Waals surface area contributed by atoms with Crippen LogP contribution in [0.4, 0.5) is 5.69 Å². The van der Waals surface area contributed by atoms with Crippen LogP contribution in [-0.2, 0) is 0 Å². The summed E-state index contributed by atoms with van der Waals surface area (Å²) >= 11 is 0. The number of aliphatic imine (C=N–C) groups is 1. The van der Waals surface area contributed by atoms with Crippen LogP contribution in [0, 0.1) is 0 Å². The van der Waals surface area contributed by atoms with Gasteiger partial charge < -0.3 is 9.80 Å². The van der Waals surface area contributed by atoms with Crippen LogP contribution in [0.5, 0.6) is 0 Å². The van der Waals surface area contributed by atoms with Gasteiger partial charge in [0, 0.05) is 39.6 Å². The molecule has 0 N–H and O–H groups in total. The van der Waals surface area contributed by atoms with Crippen molar-refractivity contribution in [1.82, 2.24) is 14.8 Å². The van der Waals surface area contributed by atoms with Gasteiger partial charge in [0.05, 0.1) is 5.69 Å². The van der Waals surface area contributed by atoms with Crippen LogP contribution < -0.4 is 0 Å². The van der Waals surface area contributed by atoms with Crippen molar-refractivity contribution < 1.29 is 0 Å². The summed E-state index contributed by atoms with van der Waals surface area (Å²) in [5, 5.41) is 0. The molecule has 0 radical (unpaired) electrons. The van der Waals surface area contributed by atoms with Crippen molar-refractivity contribution in [3.63, 3.8) is 0 Å². The van der Waals surface area contributed by atoms with Crippen LogP contribution in [0.2, 0.25) is 0 Å². The minimum atomic E-state index is 0.954. The molecular formula is C10H14N4. The van der Waals surface area contributed by atoms with Crippen molar-refractivity contribution in [2.75, 3.05) is 27.2 Å². The predicted molar refractivity (Wildman–Crippen MR) is 56.6 cm³/mol. The molecule has 1 saturated heterocycles. The second kappa shape index (κ2) is 3.65. The molecular weight excluding hydrogens is 176 g/mol. The Morgan fingerprint density at radius 1 is 1.14 bits per heavy atom. The number of nitrogens with zero attached hydrogens (tertiary/aromatic N) is 4. The van der Waals surface area contributed by atoms with E-state index in [2.05, 4.69) is 33.9 Å². The summed E-state index contributed by atoms with van der Waals surface area (Å²) in [5.74, 6) is 1.02. The van der Waals surface area contributed by atoms with Gasteiger partial charge in [-0.2, -0.15) is 0 Å². The van der Waals surface area contributed by atoms with E-state index in [1.54, 1.807) is 12.4 Å². The molecule has 1 aliphatic rings. The lowest BCUT2D eigenvalue weighted by atomic mass is 10.4. The van der Waals surface area contributed by atoms with E-state index in [1.165, 1.54) is 0 Å². The number of aromatic nitrogens is 1. The molecule has 0 amide bonds. The Morgan fingerprint density at radius 2 is 1.71 bits per heavy atom. The van der Waals surface area contributed by atoms with Crippen LogP contribution >= 0.6 is 0 Å². The van der Waals surface area contributed by atoms with E-state index in [1.807, 2.05) is 12.1 Å². The third-order valence-corrected chi connectivity index (χ3v) is 2.35. The van der Waals surface area contributed by atoms with Crippen LogP contribution in [0.3, 0.4) is 0 Å². The average molecular weight is 190 g/mol. The third kappa shape index (κ3) is 1.69. The SMILES string of the molecule is CN1CCN(C)C1=Nc1ccncc1. The van der Waals surface area contributed by atoms with Gasteiger partial charge in [0.1, 0.15) is 0 Å². The third-order valence-electron chi connectivity index (χ3n) is 2.35. The van der Waals surface area contributed by atoms with Gasteiger partial charge >= 0.3 is 0 Å². The van der Waals surface area contributed by atoms with Crippen molar-refractivity contribution in [3.05, 3.63) is 24.5 Å². The van der Waals surface area contributed by atoms with Crippen molar-refractivity contribution in [2.24, 2.45) is 4.99 Å². The number of hydrogen-bond acceptors (Lipinski definition) is 2. The number of pyridine rings is 1. The van der Waals surface area contributed by atoms with Gasteiger partial charge in [0.15, 0.2) is 0 Å². The molecule has 4 heteroatoms. The Balaban J connectivity index is 2.26. The molecule has 1 aromatic rings. The van der Waals surface area contributed by atoms with E-state index < -0.39 is 0 Å². The summed E-state index contributed by atoms with van der Waals surface area (Å²) < 4.78 is 0. The molecule has 0 bridgehead atoms. The molecule has 0 saturated carbocycles. The predicted octanol–water partition coefficient (Wildman–Crippen LogP) is 0.946. The fourth-order valence-corrected chi connectivity index (χ4v) is 1.50. The quantitative estimate of drug-likeness (QED) is 0.660. The molecule has 14 heavy (non-hydrogen) atoms. The van der Waals surface area contributed by atoms with Crippen molar-refractivity contribution in [3.8, 4) is 0 Å². The summed E-state index contributed by atoms with van der Waals surface area (Å²) in [5.41, 5.74) is 0.954. The van der Waals surface area contributed by atoms with E-state index in [9.17, 15) is 0 Å². The van der Waals surface area contributed by atoms with Crippen LogP contribution in [-0.4, -0.2) is 47.9 Å². The first-order valence-electron chi connectivity index (χ1n) is 4.68. The van der Waals surface area contributed by atoms with Gasteiger partial charge in [0.2, 0.25) is 5.96 Å². The Kier molecular flexibility index (Phi) is 2.35. The molecule has 0 aliphatic carbocycles. The first kappa shape index (κ1) is 8.99. The number of guanidine groups is 1. The van der Waals surface area contributed by atoms with Crippen LogP contribution in [0.25, 0.3) is 0 Å². The second-order valence-corrected chi connectivity index (χ2v) is 3.46. The lowest BCUT2D eigenvalue weighted by Crippen LogP contribution is -2.27. The van der Waals surface area contributed by atoms with E-state index in [0.717, 1.165) is 24.7 Å². The van der Waals surface area contributed by atoms with Crippen molar-refractivity contribution in [1.29, 1.82) is 0 Å². The molecule has 4 nitrogen and oxygen atoms in total. The summed E-state index contributed by atoms with van der Waals surface area (Å²) in [6.07, 6.45) is 3.52. The van der Waals surface area contributed by atoms with E-state index >= 15 is 0 Å². The molecule has 2 rings (SSSR count). The van der Waals surface area contributed by atoms with Gasteiger partial charge in [-0.15, -0.1) is 0 Å². The van der Waals surface area contributed by atoms with Gasteiger partial charge in [-0.1, -0.05) is 0 Å². The maximum absolute atomic E-state index is 4.55. The Bertz CT molecular complexity index is 321. The second-order valence-electron chi connectivity index (χ2n) is 3.46. The number of hydrogen-bond donors (Lipinski definition) is 0. The summed E-state index contributed by atoms with van der Waals surface area (Å²) in [4.78, 5) is 12.8. The highest BCUT2D eigenvalue weighted by atomic mass is 15.4. The zero-order valence-electron chi connectivity index (χ0n) is 8.51. The van der Waals surface area contributed by atoms with Crippen LogP contribution in [0.15, 0.2) is 29.5 Å². The minimum absolute atomic E-state index is 0.954. The lowest BCUT2D eigenvalue weighted by Gasteiger charge is -2.15. The Hall–Kier alpha value is -1.58. The maximum atomic E-state index is 4.55. The average Bonchev–Trinajstić information content (AvgIpc) is 2.51. The first-order valence-corrected chi connectivity index (χ1v) is 4.68. The topological polar surface area (TPSA) is 31.7 Å². The van der Waals surface area contributed by atoms with Crippen molar-refractivity contribution in [2.45, 2.75) is 0 Å². The summed E-state index contributed by atoms with van der Waals surface area (Å²) in [6, 6.07) is 3.82. The molecule has 0 spiro atoms. The minimum Gasteiger partial charge on any atom is -0.344 e. The Morgan fingerprint density at radius 3 is 2.29 bits per heavy atom. The first-order chi connectivity index (χ1) is 6.77. The standard InChI is InChI=1S/C10H14N4/c1-13-7-8-14(2)10(13)12-9-3-5-11-6-4-9/h3-6H,7-8H2,1-2H3. The van der Waals surface area contributed by atoms with E-state index in [4.69, 9.17) is 0 Å². The van der Waals surface area contributed by atoms with Gasteiger partial charge in [0.25, 0.3) is 0 Å². The molecule has 1 aromatic heterocycles.